The molecule has 178 valence electrons. The first-order valence-corrected chi connectivity index (χ1v) is 11.7. The number of halogens is 1. The number of carbonyl (C=O) groups is 1. The Hall–Kier alpha value is -3.13. The van der Waals surface area contributed by atoms with Gasteiger partial charge in [0.1, 0.15) is 11.9 Å². The van der Waals surface area contributed by atoms with E-state index in [0.717, 1.165) is 48.8 Å². The van der Waals surface area contributed by atoms with Crippen LogP contribution in [0.1, 0.15) is 24.4 Å². The van der Waals surface area contributed by atoms with Crippen LogP contribution in [0, 0.1) is 0 Å². The molecule has 0 saturated carbocycles. The van der Waals surface area contributed by atoms with Crippen LogP contribution >= 0.6 is 11.6 Å². The number of aliphatic hydroxyl groups is 1. The molecule has 1 aliphatic rings. The zero-order valence-electron chi connectivity index (χ0n) is 19.3. The first-order chi connectivity index (χ1) is 16.4. The Kier molecular flexibility index (Phi) is 7.67. The number of hydrogen-bond donors (Lipinski definition) is 2. The number of nitrogens with one attached hydrogen (secondary N) is 1. The summed E-state index contributed by atoms with van der Waals surface area (Å²) in [6.45, 7) is 4.90. The molecule has 0 unspecified atom stereocenters. The summed E-state index contributed by atoms with van der Waals surface area (Å²) in [6, 6.07) is 14.9. The van der Waals surface area contributed by atoms with E-state index in [1.807, 2.05) is 23.7 Å². The molecule has 8 heteroatoms. The number of aromatic nitrogens is 2. The van der Waals surface area contributed by atoms with Gasteiger partial charge in [0.05, 0.1) is 31.2 Å². The minimum Gasteiger partial charge on any atom is -0.391 e. The van der Waals surface area contributed by atoms with Crippen molar-refractivity contribution >= 4 is 29.3 Å². The van der Waals surface area contributed by atoms with Crippen LogP contribution in [0.5, 0.6) is 0 Å². The fraction of sp³-hybridized carbons (Fsp3) is 0.308. The minimum absolute atomic E-state index is 0.319. The van der Waals surface area contributed by atoms with Gasteiger partial charge in [-0.1, -0.05) is 35.9 Å². The van der Waals surface area contributed by atoms with Crippen molar-refractivity contribution in [3.8, 4) is 11.3 Å². The highest BCUT2D eigenvalue weighted by Gasteiger charge is 2.24. The van der Waals surface area contributed by atoms with E-state index in [-0.39, 0.29) is 5.91 Å². The van der Waals surface area contributed by atoms with Crippen LogP contribution in [-0.2, 0) is 16.6 Å². The molecular weight excluding hydrogens is 452 g/mol. The van der Waals surface area contributed by atoms with Crippen LogP contribution < -0.4 is 10.2 Å². The first kappa shape index (κ1) is 24.0. The molecule has 3 aromatic rings. The predicted octanol–water partition coefficient (Wildman–Crippen LogP) is 3.83. The van der Waals surface area contributed by atoms with Gasteiger partial charge in [0, 0.05) is 36.9 Å². The van der Waals surface area contributed by atoms with Gasteiger partial charge in [-0.2, -0.15) is 0 Å². The second-order valence-electron chi connectivity index (χ2n) is 8.32. The normalized spacial score (nSPS) is 15.9. The van der Waals surface area contributed by atoms with Crippen LogP contribution in [-0.4, -0.2) is 53.0 Å². The lowest BCUT2D eigenvalue weighted by molar-refractivity contribution is -0.118. The Balaban J connectivity index is 1.48. The SMILES string of the molecule is C[C@@H](O)[C@H](NC(=O)/C=C/c1ccc(Cl)cc1)c1ncc(-c2ccc(N3CCOCC3)cc2)n1C. The molecule has 34 heavy (non-hydrogen) atoms. The second kappa shape index (κ2) is 10.9. The Bertz CT molecular complexity index is 1130. The summed E-state index contributed by atoms with van der Waals surface area (Å²) in [5.41, 5.74) is 3.93. The zero-order chi connectivity index (χ0) is 24.1. The van der Waals surface area contributed by atoms with Crippen molar-refractivity contribution in [3.05, 3.63) is 77.2 Å². The maximum Gasteiger partial charge on any atom is 0.244 e. The third kappa shape index (κ3) is 5.67. The number of aliphatic hydroxyl groups excluding tert-OH is 1. The summed E-state index contributed by atoms with van der Waals surface area (Å²) in [7, 11) is 1.89. The van der Waals surface area contributed by atoms with Gasteiger partial charge in [-0.15, -0.1) is 0 Å². The van der Waals surface area contributed by atoms with Crippen molar-refractivity contribution < 1.29 is 14.6 Å². The van der Waals surface area contributed by atoms with Crippen LogP contribution in [0.3, 0.4) is 0 Å². The number of nitrogens with zero attached hydrogens (tertiary/aromatic N) is 3. The van der Waals surface area contributed by atoms with Gasteiger partial charge in [-0.25, -0.2) is 4.98 Å². The molecule has 0 aliphatic carbocycles. The highest BCUT2D eigenvalue weighted by Crippen LogP contribution is 2.27. The molecule has 1 saturated heterocycles. The molecule has 0 bridgehead atoms. The van der Waals surface area contributed by atoms with Crippen molar-refractivity contribution in [3.63, 3.8) is 0 Å². The third-order valence-electron chi connectivity index (χ3n) is 5.92. The number of ether oxygens (including phenoxy) is 1. The average molecular weight is 481 g/mol. The number of benzene rings is 2. The molecule has 7 nitrogen and oxygen atoms in total. The molecule has 1 fully saturated rings. The standard InChI is InChI=1S/C26H29ClN4O3/c1-18(32)25(29-24(33)12-5-19-3-8-21(27)9-4-19)26-28-17-23(30(26)2)20-6-10-22(11-7-20)31-13-15-34-16-14-31/h3-12,17-18,25,32H,13-16H2,1-2H3,(H,29,33)/b12-5+/t18-,25+/m1/s1. The van der Waals surface area contributed by atoms with E-state index in [2.05, 4.69) is 39.5 Å². The first-order valence-electron chi connectivity index (χ1n) is 11.3. The molecule has 1 aliphatic heterocycles. The lowest BCUT2D eigenvalue weighted by atomic mass is 10.1. The summed E-state index contributed by atoms with van der Waals surface area (Å²) in [6.07, 6.45) is 4.08. The molecular formula is C26H29ClN4O3. The summed E-state index contributed by atoms with van der Waals surface area (Å²) in [4.78, 5) is 19.4. The monoisotopic (exact) mass is 480 g/mol. The lowest BCUT2D eigenvalue weighted by Crippen LogP contribution is -2.36. The maximum absolute atomic E-state index is 12.6. The maximum atomic E-state index is 12.6. The fourth-order valence-corrected chi connectivity index (χ4v) is 4.12. The molecule has 2 N–H and O–H groups in total. The van der Waals surface area contributed by atoms with Crippen LogP contribution in [0.15, 0.2) is 60.8 Å². The van der Waals surface area contributed by atoms with E-state index in [1.54, 1.807) is 31.3 Å². The van der Waals surface area contributed by atoms with Gasteiger partial charge in [0.2, 0.25) is 5.91 Å². The van der Waals surface area contributed by atoms with E-state index >= 15 is 0 Å². The van der Waals surface area contributed by atoms with Gasteiger partial charge in [0.15, 0.2) is 0 Å². The molecule has 2 atom stereocenters. The van der Waals surface area contributed by atoms with E-state index in [0.29, 0.717) is 10.8 Å². The van der Waals surface area contributed by atoms with Crippen molar-refractivity contribution in [2.45, 2.75) is 19.1 Å². The Morgan fingerprint density at radius 2 is 1.82 bits per heavy atom. The number of carbonyl (C=O) groups excluding carboxylic acids is 1. The highest BCUT2D eigenvalue weighted by atomic mass is 35.5. The molecule has 0 radical (unpaired) electrons. The number of amides is 1. The van der Waals surface area contributed by atoms with Crippen molar-refractivity contribution in [1.82, 2.24) is 14.9 Å². The summed E-state index contributed by atoms with van der Waals surface area (Å²) < 4.78 is 7.34. The van der Waals surface area contributed by atoms with E-state index in [4.69, 9.17) is 16.3 Å². The quantitative estimate of drug-likeness (QED) is 0.502. The minimum atomic E-state index is -0.828. The van der Waals surface area contributed by atoms with E-state index in [1.165, 1.54) is 6.08 Å². The molecule has 0 spiro atoms. The summed E-state index contributed by atoms with van der Waals surface area (Å²) in [5.74, 6) is 0.260. The zero-order valence-corrected chi connectivity index (χ0v) is 20.1. The number of hydrogen-bond acceptors (Lipinski definition) is 5. The number of morpholine rings is 1. The summed E-state index contributed by atoms with van der Waals surface area (Å²) >= 11 is 5.90. The molecule has 2 aromatic carbocycles. The molecule has 2 heterocycles. The van der Waals surface area contributed by atoms with Crippen LogP contribution in [0.2, 0.25) is 5.02 Å². The van der Waals surface area contributed by atoms with Crippen LogP contribution in [0.25, 0.3) is 17.3 Å². The van der Waals surface area contributed by atoms with Gasteiger partial charge in [0.25, 0.3) is 0 Å². The Morgan fingerprint density at radius 3 is 2.47 bits per heavy atom. The van der Waals surface area contributed by atoms with Crippen molar-refractivity contribution in [2.24, 2.45) is 7.05 Å². The van der Waals surface area contributed by atoms with E-state index < -0.39 is 12.1 Å². The second-order valence-corrected chi connectivity index (χ2v) is 8.76. The number of anilines is 1. The number of imidazole rings is 1. The highest BCUT2D eigenvalue weighted by molar-refractivity contribution is 6.30. The number of rotatable bonds is 7. The van der Waals surface area contributed by atoms with E-state index in [9.17, 15) is 9.90 Å². The lowest BCUT2D eigenvalue weighted by Gasteiger charge is -2.29. The Labute approximate surface area is 204 Å². The largest absolute Gasteiger partial charge is 0.391 e. The smallest absolute Gasteiger partial charge is 0.244 e. The Morgan fingerprint density at radius 1 is 1.15 bits per heavy atom. The molecule has 1 amide bonds. The average Bonchev–Trinajstić information content (AvgIpc) is 3.23. The predicted molar refractivity (Wildman–Crippen MR) is 135 cm³/mol. The van der Waals surface area contributed by atoms with Gasteiger partial charge >= 0.3 is 0 Å². The third-order valence-corrected chi connectivity index (χ3v) is 6.17. The summed E-state index contributed by atoms with van der Waals surface area (Å²) in [5, 5.41) is 13.9. The van der Waals surface area contributed by atoms with Gasteiger partial charge in [-0.05, 0) is 48.4 Å². The van der Waals surface area contributed by atoms with Crippen molar-refractivity contribution in [2.75, 3.05) is 31.2 Å². The molecule has 4 rings (SSSR count). The van der Waals surface area contributed by atoms with Crippen LogP contribution in [0.4, 0.5) is 5.69 Å². The van der Waals surface area contributed by atoms with Gasteiger partial charge < -0.3 is 24.6 Å². The molecule has 1 aromatic heterocycles. The van der Waals surface area contributed by atoms with Gasteiger partial charge in [-0.3, -0.25) is 4.79 Å². The topological polar surface area (TPSA) is 79.6 Å². The fourth-order valence-electron chi connectivity index (χ4n) is 3.99. The van der Waals surface area contributed by atoms with Crippen molar-refractivity contribution in [1.29, 1.82) is 0 Å².